The van der Waals surface area contributed by atoms with Crippen LogP contribution in [0.4, 0.5) is 0 Å². The molecule has 0 fully saturated rings. The predicted octanol–water partition coefficient (Wildman–Crippen LogP) is 2.87. The maximum atomic E-state index is 4.60. The van der Waals surface area contributed by atoms with Gasteiger partial charge < -0.3 is 5.32 Å². The molecule has 0 atom stereocenters. The van der Waals surface area contributed by atoms with Gasteiger partial charge >= 0.3 is 0 Å². The van der Waals surface area contributed by atoms with Crippen LogP contribution in [0.15, 0.2) is 30.3 Å². The van der Waals surface area contributed by atoms with Crippen LogP contribution in [0.3, 0.4) is 0 Å². The number of hydrogen-bond donors (Lipinski definition) is 1. The molecule has 3 heteroatoms. The lowest BCUT2D eigenvalue weighted by atomic mass is 10.1. The Morgan fingerprint density at radius 2 is 1.78 bits per heavy atom. The predicted molar refractivity (Wildman–Crippen MR) is 74.3 cm³/mol. The lowest BCUT2D eigenvalue weighted by molar-refractivity contribution is 0.688. The fraction of sp³-hybridized carbons (Fsp3) is 0.333. The highest BCUT2D eigenvalue weighted by atomic mass is 15.0. The van der Waals surface area contributed by atoms with Gasteiger partial charge in [-0.05, 0) is 26.5 Å². The summed E-state index contributed by atoms with van der Waals surface area (Å²) in [5, 5.41) is 3.25. The van der Waals surface area contributed by atoms with Gasteiger partial charge in [-0.15, -0.1) is 0 Å². The highest BCUT2D eigenvalue weighted by Crippen LogP contribution is 2.18. The number of aryl methyl sites for hydroxylation is 2. The van der Waals surface area contributed by atoms with Crippen molar-refractivity contribution in [3.8, 4) is 11.3 Å². The van der Waals surface area contributed by atoms with E-state index >= 15 is 0 Å². The SMILES string of the molecule is CCNCc1nc(C)cc(-c2ccc(C)cc2)n1. The normalized spacial score (nSPS) is 10.6. The zero-order chi connectivity index (χ0) is 13.0. The van der Waals surface area contributed by atoms with Crippen LogP contribution in [0, 0.1) is 13.8 Å². The number of hydrogen-bond acceptors (Lipinski definition) is 3. The summed E-state index contributed by atoms with van der Waals surface area (Å²) in [4.78, 5) is 9.04. The lowest BCUT2D eigenvalue weighted by Crippen LogP contribution is -2.15. The number of nitrogens with one attached hydrogen (secondary N) is 1. The zero-order valence-corrected chi connectivity index (χ0v) is 11.2. The number of benzene rings is 1. The van der Waals surface area contributed by atoms with Gasteiger partial charge in [-0.25, -0.2) is 9.97 Å². The number of aromatic nitrogens is 2. The molecule has 18 heavy (non-hydrogen) atoms. The van der Waals surface area contributed by atoms with Crippen LogP contribution in [0.5, 0.6) is 0 Å². The second-order valence-electron chi connectivity index (χ2n) is 4.46. The minimum atomic E-state index is 0.719. The lowest BCUT2D eigenvalue weighted by Gasteiger charge is -2.07. The Hall–Kier alpha value is -1.74. The third-order valence-corrected chi connectivity index (χ3v) is 2.78. The quantitative estimate of drug-likeness (QED) is 0.894. The van der Waals surface area contributed by atoms with E-state index in [0.717, 1.165) is 35.9 Å². The molecule has 3 nitrogen and oxygen atoms in total. The van der Waals surface area contributed by atoms with Crippen molar-refractivity contribution in [2.75, 3.05) is 6.54 Å². The van der Waals surface area contributed by atoms with E-state index in [1.807, 2.05) is 13.0 Å². The molecule has 0 aliphatic heterocycles. The molecule has 0 bridgehead atoms. The first kappa shape index (κ1) is 12.7. The molecule has 0 saturated heterocycles. The van der Waals surface area contributed by atoms with Gasteiger partial charge in [-0.2, -0.15) is 0 Å². The van der Waals surface area contributed by atoms with E-state index in [1.54, 1.807) is 0 Å². The molecule has 0 amide bonds. The molecule has 0 aliphatic carbocycles. The Bertz CT molecular complexity index is 518. The summed E-state index contributed by atoms with van der Waals surface area (Å²) in [5.41, 5.74) is 4.41. The van der Waals surface area contributed by atoms with Crippen LogP contribution in [0.1, 0.15) is 24.0 Å². The Kier molecular flexibility index (Phi) is 4.05. The van der Waals surface area contributed by atoms with Crippen molar-refractivity contribution in [1.82, 2.24) is 15.3 Å². The first-order valence-electron chi connectivity index (χ1n) is 6.31. The minimum absolute atomic E-state index is 0.719. The zero-order valence-electron chi connectivity index (χ0n) is 11.2. The topological polar surface area (TPSA) is 37.8 Å². The van der Waals surface area contributed by atoms with Crippen LogP contribution in [-0.2, 0) is 6.54 Å². The Morgan fingerprint density at radius 3 is 2.44 bits per heavy atom. The van der Waals surface area contributed by atoms with Gasteiger partial charge in [0.25, 0.3) is 0 Å². The maximum absolute atomic E-state index is 4.60. The van der Waals surface area contributed by atoms with E-state index in [4.69, 9.17) is 0 Å². The highest BCUT2D eigenvalue weighted by molar-refractivity contribution is 5.59. The summed E-state index contributed by atoms with van der Waals surface area (Å²) in [6.07, 6.45) is 0. The molecular formula is C15H19N3. The summed E-state index contributed by atoms with van der Waals surface area (Å²) in [5.74, 6) is 0.854. The molecule has 1 N–H and O–H groups in total. The molecule has 0 aliphatic rings. The fourth-order valence-corrected chi connectivity index (χ4v) is 1.82. The monoisotopic (exact) mass is 241 g/mol. The molecule has 94 valence electrons. The largest absolute Gasteiger partial charge is 0.310 e. The third-order valence-electron chi connectivity index (χ3n) is 2.78. The molecule has 2 rings (SSSR count). The van der Waals surface area contributed by atoms with E-state index < -0.39 is 0 Å². The summed E-state index contributed by atoms with van der Waals surface area (Å²) in [6.45, 7) is 7.82. The summed E-state index contributed by atoms with van der Waals surface area (Å²) in [7, 11) is 0. The van der Waals surface area contributed by atoms with E-state index in [0.29, 0.717) is 0 Å². The van der Waals surface area contributed by atoms with Crippen molar-refractivity contribution in [1.29, 1.82) is 0 Å². The van der Waals surface area contributed by atoms with Crippen LogP contribution in [0.2, 0.25) is 0 Å². The van der Waals surface area contributed by atoms with Crippen molar-refractivity contribution < 1.29 is 0 Å². The smallest absolute Gasteiger partial charge is 0.143 e. The summed E-state index contributed by atoms with van der Waals surface area (Å²) >= 11 is 0. The van der Waals surface area contributed by atoms with Crippen molar-refractivity contribution >= 4 is 0 Å². The van der Waals surface area contributed by atoms with Crippen LogP contribution < -0.4 is 5.32 Å². The minimum Gasteiger partial charge on any atom is -0.310 e. The van der Waals surface area contributed by atoms with Gasteiger partial charge in [-0.3, -0.25) is 0 Å². The molecule has 1 heterocycles. The number of rotatable bonds is 4. The second kappa shape index (κ2) is 5.74. The molecule has 0 spiro atoms. The van der Waals surface area contributed by atoms with Crippen molar-refractivity contribution in [3.05, 3.63) is 47.4 Å². The molecule has 1 aromatic carbocycles. The highest BCUT2D eigenvalue weighted by Gasteiger charge is 2.04. The Balaban J connectivity index is 2.32. The third kappa shape index (κ3) is 3.14. The van der Waals surface area contributed by atoms with E-state index in [-0.39, 0.29) is 0 Å². The molecule has 0 unspecified atom stereocenters. The van der Waals surface area contributed by atoms with Gasteiger partial charge in [0, 0.05) is 11.3 Å². The average molecular weight is 241 g/mol. The van der Waals surface area contributed by atoms with Crippen molar-refractivity contribution in [2.24, 2.45) is 0 Å². The van der Waals surface area contributed by atoms with Crippen LogP contribution >= 0.6 is 0 Å². The van der Waals surface area contributed by atoms with Gasteiger partial charge in [0.15, 0.2) is 0 Å². The number of nitrogens with zero attached hydrogens (tertiary/aromatic N) is 2. The summed E-state index contributed by atoms with van der Waals surface area (Å²) in [6, 6.07) is 10.5. The fourth-order valence-electron chi connectivity index (χ4n) is 1.82. The molecule has 0 saturated carbocycles. The van der Waals surface area contributed by atoms with Crippen molar-refractivity contribution in [2.45, 2.75) is 27.3 Å². The molecule has 1 aromatic heterocycles. The molecular weight excluding hydrogens is 222 g/mol. The Labute approximate surface area is 108 Å². The van der Waals surface area contributed by atoms with Crippen LogP contribution in [0.25, 0.3) is 11.3 Å². The Morgan fingerprint density at radius 1 is 1.06 bits per heavy atom. The average Bonchev–Trinajstić information content (AvgIpc) is 2.36. The van der Waals surface area contributed by atoms with Gasteiger partial charge in [0.2, 0.25) is 0 Å². The summed E-state index contributed by atoms with van der Waals surface area (Å²) < 4.78 is 0. The molecule has 2 aromatic rings. The first-order valence-corrected chi connectivity index (χ1v) is 6.31. The van der Waals surface area contributed by atoms with Gasteiger partial charge in [0.05, 0.1) is 12.2 Å². The molecule has 0 radical (unpaired) electrons. The van der Waals surface area contributed by atoms with Gasteiger partial charge in [-0.1, -0.05) is 36.8 Å². The standard InChI is InChI=1S/C15H19N3/c1-4-16-10-15-17-12(3)9-14(18-15)13-7-5-11(2)6-8-13/h5-9,16H,4,10H2,1-3H3. The second-order valence-corrected chi connectivity index (χ2v) is 4.46. The first-order chi connectivity index (χ1) is 8.69. The maximum Gasteiger partial charge on any atom is 0.143 e. The van der Waals surface area contributed by atoms with E-state index in [2.05, 4.69) is 53.4 Å². The van der Waals surface area contributed by atoms with E-state index in [1.165, 1.54) is 5.56 Å². The van der Waals surface area contributed by atoms with Crippen LogP contribution in [-0.4, -0.2) is 16.5 Å². The van der Waals surface area contributed by atoms with Gasteiger partial charge in [0.1, 0.15) is 5.82 Å². The van der Waals surface area contributed by atoms with E-state index in [9.17, 15) is 0 Å². The van der Waals surface area contributed by atoms with Crippen molar-refractivity contribution in [3.63, 3.8) is 0 Å².